The summed E-state index contributed by atoms with van der Waals surface area (Å²) < 4.78 is 1.06. The van der Waals surface area contributed by atoms with E-state index >= 15 is 0 Å². The highest BCUT2D eigenvalue weighted by Crippen LogP contribution is 2.19. The molecule has 2 rings (SSSR count). The van der Waals surface area contributed by atoms with Gasteiger partial charge in [-0.2, -0.15) is 0 Å². The number of aryl methyl sites for hydroxylation is 1. The van der Waals surface area contributed by atoms with Crippen LogP contribution in [0.2, 0.25) is 0 Å². The van der Waals surface area contributed by atoms with Gasteiger partial charge in [0.25, 0.3) is 0 Å². The monoisotopic (exact) mass is 325 g/mol. The Balaban J connectivity index is 1.88. The third-order valence-electron chi connectivity index (χ3n) is 3.26. The maximum atomic E-state index is 12.0. The molecule has 1 heterocycles. The minimum absolute atomic E-state index is 0.0517. The van der Waals surface area contributed by atoms with Crippen LogP contribution in [-0.4, -0.2) is 43.0 Å². The normalized spacial score (nSPS) is 20.3. The molecule has 2 N–H and O–H groups in total. The van der Waals surface area contributed by atoms with Crippen LogP contribution >= 0.6 is 15.9 Å². The number of halogens is 1. The zero-order chi connectivity index (χ0) is 13.8. The minimum Gasteiger partial charge on any atom is -0.325 e. The topological polar surface area (TPSA) is 44.4 Å². The Morgan fingerprint density at radius 1 is 1.58 bits per heavy atom. The van der Waals surface area contributed by atoms with Gasteiger partial charge in [-0.15, -0.1) is 0 Å². The van der Waals surface area contributed by atoms with Crippen LogP contribution in [0.1, 0.15) is 12.5 Å². The minimum atomic E-state index is 0.0517. The number of benzene rings is 1. The Hall–Kier alpha value is -0.910. The summed E-state index contributed by atoms with van der Waals surface area (Å²) in [4.78, 5) is 14.2. The number of hydrogen-bond acceptors (Lipinski definition) is 3. The van der Waals surface area contributed by atoms with E-state index in [1.54, 1.807) is 0 Å². The molecule has 1 aromatic carbocycles. The summed E-state index contributed by atoms with van der Waals surface area (Å²) in [5.41, 5.74) is 1.97. The molecule has 0 aliphatic carbocycles. The SMILES string of the molecule is Cc1cc(NC(=O)CN2CCN[C@@H](C)C2)ccc1Br. The zero-order valence-electron chi connectivity index (χ0n) is 11.4. The summed E-state index contributed by atoms with van der Waals surface area (Å²) in [7, 11) is 0. The lowest BCUT2D eigenvalue weighted by atomic mass is 10.2. The number of carbonyl (C=O) groups is 1. The first kappa shape index (κ1) is 14.5. The van der Waals surface area contributed by atoms with Crippen LogP contribution in [0.3, 0.4) is 0 Å². The summed E-state index contributed by atoms with van der Waals surface area (Å²) in [6, 6.07) is 6.30. The summed E-state index contributed by atoms with van der Waals surface area (Å²) in [5.74, 6) is 0.0517. The van der Waals surface area contributed by atoms with Crippen molar-refractivity contribution >= 4 is 27.5 Å². The van der Waals surface area contributed by atoms with Gasteiger partial charge in [0.15, 0.2) is 0 Å². The molecular formula is C14H20BrN3O. The number of nitrogens with one attached hydrogen (secondary N) is 2. The lowest BCUT2D eigenvalue weighted by Gasteiger charge is -2.31. The third kappa shape index (κ3) is 4.30. The highest BCUT2D eigenvalue weighted by Gasteiger charge is 2.17. The highest BCUT2D eigenvalue weighted by atomic mass is 79.9. The molecule has 104 valence electrons. The molecule has 1 aromatic rings. The van der Waals surface area contributed by atoms with Gasteiger partial charge in [0.05, 0.1) is 6.54 Å². The molecule has 0 bridgehead atoms. The Kier molecular flexibility index (Phi) is 4.96. The molecule has 1 atom stereocenters. The van der Waals surface area contributed by atoms with Crippen LogP contribution in [0.4, 0.5) is 5.69 Å². The van der Waals surface area contributed by atoms with Gasteiger partial charge < -0.3 is 10.6 Å². The highest BCUT2D eigenvalue weighted by molar-refractivity contribution is 9.10. The number of amides is 1. The van der Waals surface area contributed by atoms with Crippen molar-refractivity contribution in [3.8, 4) is 0 Å². The third-order valence-corrected chi connectivity index (χ3v) is 4.15. The summed E-state index contributed by atoms with van der Waals surface area (Å²) in [6.07, 6.45) is 0. The van der Waals surface area contributed by atoms with Gasteiger partial charge in [0.1, 0.15) is 0 Å². The summed E-state index contributed by atoms with van der Waals surface area (Å²) >= 11 is 3.45. The van der Waals surface area contributed by atoms with Crippen molar-refractivity contribution < 1.29 is 4.79 Å². The molecule has 19 heavy (non-hydrogen) atoms. The first-order chi connectivity index (χ1) is 9.04. The van der Waals surface area contributed by atoms with E-state index in [1.807, 2.05) is 25.1 Å². The first-order valence-electron chi connectivity index (χ1n) is 6.56. The van der Waals surface area contributed by atoms with Crippen molar-refractivity contribution in [3.05, 3.63) is 28.2 Å². The number of nitrogens with zero attached hydrogens (tertiary/aromatic N) is 1. The van der Waals surface area contributed by atoms with Crippen LogP contribution in [0.15, 0.2) is 22.7 Å². The lowest BCUT2D eigenvalue weighted by Crippen LogP contribution is -2.51. The Labute approximate surface area is 122 Å². The van der Waals surface area contributed by atoms with Crippen LogP contribution in [0.25, 0.3) is 0 Å². The summed E-state index contributed by atoms with van der Waals surface area (Å²) in [5, 5.41) is 6.32. The van der Waals surface area contributed by atoms with E-state index in [9.17, 15) is 4.79 Å². The fourth-order valence-electron chi connectivity index (χ4n) is 2.28. The van der Waals surface area contributed by atoms with Gasteiger partial charge in [0, 0.05) is 35.8 Å². The molecular weight excluding hydrogens is 306 g/mol. The van der Waals surface area contributed by atoms with Crippen LogP contribution < -0.4 is 10.6 Å². The van der Waals surface area contributed by atoms with E-state index in [1.165, 1.54) is 0 Å². The average molecular weight is 326 g/mol. The molecule has 4 nitrogen and oxygen atoms in total. The number of piperazine rings is 1. The fourth-order valence-corrected chi connectivity index (χ4v) is 2.53. The molecule has 1 amide bonds. The predicted molar refractivity (Wildman–Crippen MR) is 81.4 cm³/mol. The molecule has 1 aliphatic heterocycles. The van der Waals surface area contributed by atoms with E-state index in [0.29, 0.717) is 12.6 Å². The van der Waals surface area contributed by atoms with Gasteiger partial charge in [-0.3, -0.25) is 9.69 Å². The molecule has 0 radical (unpaired) electrons. The van der Waals surface area contributed by atoms with Gasteiger partial charge in [-0.1, -0.05) is 15.9 Å². The van der Waals surface area contributed by atoms with Gasteiger partial charge in [-0.25, -0.2) is 0 Å². The second-order valence-corrected chi connectivity index (χ2v) is 5.96. The van der Waals surface area contributed by atoms with Crippen molar-refractivity contribution in [2.45, 2.75) is 19.9 Å². The van der Waals surface area contributed by atoms with Gasteiger partial charge in [0.2, 0.25) is 5.91 Å². The second-order valence-electron chi connectivity index (χ2n) is 5.10. The number of anilines is 1. The van der Waals surface area contributed by atoms with E-state index in [0.717, 1.165) is 35.4 Å². The number of carbonyl (C=O) groups excluding carboxylic acids is 1. The van der Waals surface area contributed by atoms with Crippen molar-refractivity contribution in [1.82, 2.24) is 10.2 Å². The molecule has 0 unspecified atom stereocenters. The smallest absolute Gasteiger partial charge is 0.238 e. The molecule has 1 fully saturated rings. The van der Waals surface area contributed by atoms with Crippen LogP contribution in [-0.2, 0) is 4.79 Å². The Morgan fingerprint density at radius 2 is 2.37 bits per heavy atom. The second kappa shape index (κ2) is 6.50. The Bertz CT molecular complexity index is 464. The van der Waals surface area contributed by atoms with Gasteiger partial charge >= 0.3 is 0 Å². The van der Waals surface area contributed by atoms with Crippen molar-refractivity contribution in [3.63, 3.8) is 0 Å². The van der Waals surface area contributed by atoms with E-state index in [2.05, 4.69) is 38.4 Å². The maximum absolute atomic E-state index is 12.0. The van der Waals surface area contributed by atoms with Crippen molar-refractivity contribution in [1.29, 1.82) is 0 Å². The van der Waals surface area contributed by atoms with Crippen molar-refractivity contribution in [2.75, 3.05) is 31.5 Å². The largest absolute Gasteiger partial charge is 0.325 e. The van der Waals surface area contributed by atoms with Crippen LogP contribution in [0.5, 0.6) is 0 Å². The Morgan fingerprint density at radius 3 is 3.05 bits per heavy atom. The predicted octanol–water partition coefficient (Wildman–Crippen LogP) is 1.99. The molecule has 0 saturated carbocycles. The van der Waals surface area contributed by atoms with Gasteiger partial charge in [-0.05, 0) is 37.6 Å². The van der Waals surface area contributed by atoms with E-state index < -0.39 is 0 Å². The fraction of sp³-hybridized carbons (Fsp3) is 0.500. The average Bonchev–Trinajstić information content (AvgIpc) is 2.34. The zero-order valence-corrected chi connectivity index (χ0v) is 13.0. The molecule has 0 spiro atoms. The summed E-state index contributed by atoms with van der Waals surface area (Å²) in [6.45, 7) is 7.41. The number of rotatable bonds is 3. The van der Waals surface area contributed by atoms with E-state index in [4.69, 9.17) is 0 Å². The maximum Gasteiger partial charge on any atom is 0.238 e. The molecule has 1 saturated heterocycles. The van der Waals surface area contributed by atoms with Crippen molar-refractivity contribution in [2.24, 2.45) is 0 Å². The standard InChI is InChI=1S/C14H20BrN3O/c1-10-7-12(3-4-13(10)15)17-14(19)9-18-6-5-16-11(2)8-18/h3-4,7,11,16H,5-6,8-9H2,1-2H3,(H,17,19)/t11-/m0/s1. The molecule has 5 heteroatoms. The molecule has 0 aromatic heterocycles. The van der Waals surface area contributed by atoms with Crippen LogP contribution in [0, 0.1) is 6.92 Å². The van der Waals surface area contributed by atoms with E-state index in [-0.39, 0.29) is 5.91 Å². The first-order valence-corrected chi connectivity index (χ1v) is 7.35. The molecule has 1 aliphatic rings. The lowest BCUT2D eigenvalue weighted by molar-refractivity contribution is -0.117. The number of hydrogen-bond donors (Lipinski definition) is 2. The quantitative estimate of drug-likeness (QED) is 0.893.